The molecular formula is C17H18N4O5. The predicted molar refractivity (Wildman–Crippen MR) is 93.8 cm³/mol. The molecule has 0 aliphatic carbocycles. The van der Waals surface area contributed by atoms with E-state index in [1.807, 2.05) is 19.1 Å². The van der Waals surface area contributed by atoms with Gasteiger partial charge in [0.15, 0.2) is 6.61 Å². The highest BCUT2D eigenvalue weighted by Crippen LogP contribution is 2.22. The number of amides is 2. The lowest BCUT2D eigenvalue weighted by Crippen LogP contribution is -2.37. The SMILES string of the molecule is Cc1ccc(NC(=O)CN(C)C(=O)COc2cccnc2[N+](=O)[O-])cc1. The van der Waals surface area contributed by atoms with Gasteiger partial charge in [-0.15, -0.1) is 0 Å². The van der Waals surface area contributed by atoms with E-state index in [2.05, 4.69) is 10.3 Å². The molecule has 0 radical (unpaired) electrons. The van der Waals surface area contributed by atoms with Crippen LogP contribution >= 0.6 is 0 Å². The van der Waals surface area contributed by atoms with Crippen LogP contribution in [0.3, 0.4) is 0 Å². The molecule has 9 heteroatoms. The van der Waals surface area contributed by atoms with Gasteiger partial charge in [-0.2, -0.15) is 0 Å². The largest absolute Gasteiger partial charge is 0.476 e. The van der Waals surface area contributed by atoms with Gasteiger partial charge in [0.1, 0.15) is 6.20 Å². The number of hydrogen-bond donors (Lipinski definition) is 1. The van der Waals surface area contributed by atoms with E-state index in [4.69, 9.17) is 4.74 Å². The molecule has 1 aromatic heterocycles. The number of anilines is 1. The van der Waals surface area contributed by atoms with Crippen molar-refractivity contribution < 1.29 is 19.2 Å². The summed E-state index contributed by atoms with van der Waals surface area (Å²) in [4.78, 5) is 39.0. The average molecular weight is 358 g/mol. The molecule has 9 nitrogen and oxygen atoms in total. The predicted octanol–water partition coefficient (Wildman–Crippen LogP) is 1.77. The average Bonchev–Trinajstić information content (AvgIpc) is 2.61. The Bertz CT molecular complexity index is 807. The molecule has 0 fully saturated rings. The van der Waals surface area contributed by atoms with Crippen LogP contribution in [0.2, 0.25) is 0 Å². The normalized spacial score (nSPS) is 10.1. The molecule has 0 aliphatic heterocycles. The summed E-state index contributed by atoms with van der Waals surface area (Å²) in [7, 11) is 1.44. The molecule has 0 aliphatic rings. The third-order valence-electron chi connectivity index (χ3n) is 3.42. The summed E-state index contributed by atoms with van der Waals surface area (Å²) in [5.74, 6) is -1.44. The van der Waals surface area contributed by atoms with E-state index in [1.165, 1.54) is 30.3 Å². The van der Waals surface area contributed by atoms with Crippen molar-refractivity contribution in [3.63, 3.8) is 0 Å². The number of hydrogen-bond acceptors (Lipinski definition) is 6. The Morgan fingerprint density at radius 2 is 1.96 bits per heavy atom. The zero-order valence-corrected chi connectivity index (χ0v) is 14.3. The molecule has 26 heavy (non-hydrogen) atoms. The summed E-state index contributed by atoms with van der Waals surface area (Å²) in [5, 5.41) is 13.5. The zero-order valence-electron chi connectivity index (χ0n) is 14.3. The number of benzene rings is 1. The Hall–Kier alpha value is -3.49. The fourth-order valence-corrected chi connectivity index (χ4v) is 2.02. The lowest BCUT2D eigenvalue weighted by Gasteiger charge is -2.17. The molecule has 0 atom stereocenters. The van der Waals surface area contributed by atoms with Gasteiger partial charge in [-0.3, -0.25) is 9.59 Å². The first-order chi connectivity index (χ1) is 12.4. The second kappa shape index (κ2) is 8.56. The second-order valence-corrected chi connectivity index (χ2v) is 5.53. The highest BCUT2D eigenvalue weighted by molar-refractivity contribution is 5.94. The topological polar surface area (TPSA) is 115 Å². The van der Waals surface area contributed by atoms with E-state index in [1.54, 1.807) is 12.1 Å². The van der Waals surface area contributed by atoms with Crippen LogP contribution in [-0.2, 0) is 9.59 Å². The number of nitrogens with one attached hydrogen (secondary N) is 1. The number of ether oxygens (including phenoxy) is 1. The quantitative estimate of drug-likeness (QED) is 0.596. The maximum absolute atomic E-state index is 12.1. The molecule has 0 saturated heterocycles. The number of rotatable bonds is 7. The Labute approximate surface area is 149 Å². The summed E-state index contributed by atoms with van der Waals surface area (Å²) in [6.45, 7) is 1.32. The minimum atomic E-state index is -0.696. The molecule has 2 rings (SSSR count). The van der Waals surface area contributed by atoms with Crippen molar-refractivity contribution in [1.82, 2.24) is 9.88 Å². The van der Waals surface area contributed by atoms with E-state index in [0.29, 0.717) is 5.69 Å². The standard InChI is InChI=1S/C17H18N4O5/c1-12-5-7-13(8-6-12)19-15(22)10-20(2)16(23)11-26-14-4-3-9-18-17(14)21(24)25/h3-9H,10-11H2,1-2H3,(H,19,22). The first-order valence-electron chi connectivity index (χ1n) is 7.69. The van der Waals surface area contributed by atoms with E-state index in [0.717, 1.165) is 5.56 Å². The Morgan fingerprint density at radius 3 is 2.62 bits per heavy atom. The Morgan fingerprint density at radius 1 is 1.27 bits per heavy atom. The molecule has 0 saturated carbocycles. The van der Waals surface area contributed by atoms with E-state index < -0.39 is 23.3 Å². The molecule has 136 valence electrons. The first kappa shape index (κ1) is 18.8. The van der Waals surface area contributed by atoms with Gasteiger partial charge < -0.3 is 25.1 Å². The molecule has 1 heterocycles. The third kappa shape index (κ3) is 5.26. The number of aromatic nitrogens is 1. The van der Waals surface area contributed by atoms with Crippen molar-refractivity contribution in [1.29, 1.82) is 0 Å². The number of nitrogens with zero attached hydrogens (tertiary/aromatic N) is 3. The van der Waals surface area contributed by atoms with Crippen molar-refractivity contribution in [2.45, 2.75) is 6.92 Å². The van der Waals surface area contributed by atoms with Gasteiger partial charge in [0.2, 0.25) is 11.7 Å². The van der Waals surface area contributed by atoms with Crippen molar-refractivity contribution in [2.75, 3.05) is 25.5 Å². The van der Waals surface area contributed by atoms with E-state index in [-0.39, 0.29) is 18.2 Å². The highest BCUT2D eigenvalue weighted by Gasteiger charge is 2.19. The Balaban J connectivity index is 1.86. The van der Waals surface area contributed by atoms with Crippen LogP contribution in [-0.4, -0.2) is 46.8 Å². The molecule has 1 aromatic carbocycles. The number of aryl methyl sites for hydroxylation is 1. The van der Waals surface area contributed by atoms with Gasteiger partial charge in [0, 0.05) is 12.7 Å². The number of carbonyl (C=O) groups is 2. The monoisotopic (exact) mass is 358 g/mol. The fraction of sp³-hybridized carbons (Fsp3) is 0.235. The minimum absolute atomic E-state index is 0.108. The van der Waals surface area contributed by atoms with Crippen molar-refractivity contribution in [3.8, 4) is 5.75 Å². The third-order valence-corrected chi connectivity index (χ3v) is 3.42. The number of pyridine rings is 1. The minimum Gasteiger partial charge on any atom is -0.476 e. The maximum Gasteiger partial charge on any atom is 0.406 e. The van der Waals surface area contributed by atoms with Crippen molar-refractivity contribution >= 4 is 23.3 Å². The smallest absolute Gasteiger partial charge is 0.406 e. The van der Waals surface area contributed by atoms with Crippen LogP contribution in [0.4, 0.5) is 11.5 Å². The van der Waals surface area contributed by atoms with Gasteiger partial charge in [-0.1, -0.05) is 17.7 Å². The molecule has 0 spiro atoms. The summed E-state index contributed by atoms with van der Waals surface area (Å²) in [6.07, 6.45) is 1.26. The molecule has 0 bridgehead atoms. The molecule has 2 aromatic rings. The van der Waals surface area contributed by atoms with Crippen molar-refractivity contribution in [2.24, 2.45) is 0 Å². The molecule has 1 N–H and O–H groups in total. The number of likely N-dealkylation sites (N-methyl/N-ethyl adjacent to an activating group) is 1. The van der Waals surface area contributed by atoms with Gasteiger partial charge in [0.25, 0.3) is 5.91 Å². The highest BCUT2D eigenvalue weighted by atomic mass is 16.6. The summed E-state index contributed by atoms with van der Waals surface area (Å²) < 4.78 is 5.17. The van der Waals surface area contributed by atoms with E-state index in [9.17, 15) is 19.7 Å². The number of nitro groups is 1. The Kier molecular flexibility index (Phi) is 6.20. The van der Waals surface area contributed by atoms with Gasteiger partial charge in [0.05, 0.1) is 6.54 Å². The van der Waals surface area contributed by atoms with Crippen LogP contribution in [0.25, 0.3) is 0 Å². The van der Waals surface area contributed by atoms with Gasteiger partial charge >= 0.3 is 5.82 Å². The fourth-order valence-electron chi connectivity index (χ4n) is 2.02. The molecular weight excluding hydrogens is 340 g/mol. The van der Waals surface area contributed by atoms with Crippen LogP contribution in [0.1, 0.15) is 5.56 Å². The number of carbonyl (C=O) groups excluding carboxylic acids is 2. The van der Waals surface area contributed by atoms with Gasteiger partial charge in [-0.05, 0) is 41.1 Å². The second-order valence-electron chi connectivity index (χ2n) is 5.53. The van der Waals surface area contributed by atoms with Crippen LogP contribution in [0, 0.1) is 17.0 Å². The summed E-state index contributed by atoms with van der Waals surface area (Å²) >= 11 is 0. The van der Waals surface area contributed by atoms with Crippen molar-refractivity contribution in [3.05, 3.63) is 58.3 Å². The van der Waals surface area contributed by atoms with Gasteiger partial charge in [-0.25, -0.2) is 0 Å². The van der Waals surface area contributed by atoms with Crippen LogP contribution in [0.5, 0.6) is 5.75 Å². The zero-order chi connectivity index (χ0) is 19.1. The van der Waals surface area contributed by atoms with E-state index >= 15 is 0 Å². The first-order valence-corrected chi connectivity index (χ1v) is 7.69. The summed E-state index contributed by atoms with van der Waals surface area (Å²) in [5.41, 5.74) is 1.70. The maximum atomic E-state index is 12.1. The van der Waals surface area contributed by atoms with Crippen LogP contribution < -0.4 is 10.1 Å². The lowest BCUT2D eigenvalue weighted by atomic mass is 10.2. The molecule has 2 amide bonds. The van der Waals surface area contributed by atoms with Crippen LogP contribution in [0.15, 0.2) is 42.6 Å². The summed E-state index contributed by atoms with van der Waals surface area (Å²) in [6, 6.07) is 10.1. The molecule has 0 unspecified atom stereocenters. The lowest BCUT2D eigenvalue weighted by molar-refractivity contribution is -0.390.